The van der Waals surface area contributed by atoms with Crippen LogP contribution in [-0.4, -0.2) is 21.9 Å². The standard InChI is InChI=1S/C24H16N4O2S/c25-15-17-8-10-19(11-9-17)28-23(29)21-6-1-2-7-22(21)27-24(28)31-13-12-30-20-5-3-4-18(14-20)16-26/h1-11,14H,12-13H2. The summed E-state index contributed by atoms with van der Waals surface area (Å²) in [6, 6.07) is 25.2. The van der Waals surface area contributed by atoms with Crippen LogP contribution in [0.3, 0.4) is 0 Å². The van der Waals surface area contributed by atoms with Crippen LogP contribution in [-0.2, 0) is 0 Å². The average Bonchev–Trinajstić information content (AvgIpc) is 2.82. The highest BCUT2D eigenvalue weighted by atomic mass is 32.2. The molecule has 3 aromatic carbocycles. The molecular formula is C24H16N4O2S. The van der Waals surface area contributed by atoms with Crippen LogP contribution >= 0.6 is 11.8 Å². The SMILES string of the molecule is N#Cc1ccc(-n2c(SCCOc3cccc(C#N)c3)nc3ccccc3c2=O)cc1. The number of benzene rings is 3. The van der Waals surface area contributed by atoms with Gasteiger partial charge in [-0.15, -0.1) is 0 Å². The molecule has 7 heteroatoms. The van der Waals surface area contributed by atoms with E-state index in [0.29, 0.717) is 51.0 Å². The number of fused-ring (bicyclic) bond motifs is 1. The van der Waals surface area contributed by atoms with Crippen molar-refractivity contribution >= 4 is 22.7 Å². The molecular weight excluding hydrogens is 408 g/mol. The molecule has 0 aliphatic heterocycles. The van der Waals surface area contributed by atoms with E-state index in [1.54, 1.807) is 59.2 Å². The Labute approximate surface area is 183 Å². The number of rotatable bonds is 6. The zero-order valence-corrected chi connectivity index (χ0v) is 17.2. The zero-order chi connectivity index (χ0) is 21.6. The lowest BCUT2D eigenvalue weighted by Gasteiger charge is -2.13. The maximum atomic E-state index is 13.2. The number of para-hydroxylation sites is 1. The van der Waals surface area contributed by atoms with E-state index >= 15 is 0 Å². The predicted molar refractivity (Wildman–Crippen MR) is 119 cm³/mol. The van der Waals surface area contributed by atoms with Gasteiger partial charge in [0.15, 0.2) is 5.16 Å². The van der Waals surface area contributed by atoms with Crippen molar-refractivity contribution in [3.05, 3.63) is 94.3 Å². The first-order valence-electron chi connectivity index (χ1n) is 9.48. The Balaban J connectivity index is 1.62. The van der Waals surface area contributed by atoms with Crippen LogP contribution in [0, 0.1) is 22.7 Å². The Morgan fingerprint density at radius 2 is 1.71 bits per heavy atom. The number of thioether (sulfide) groups is 1. The maximum Gasteiger partial charge on any atom is 0.266 e. The quantitative estimate of drug-likeness (QED) is 0.260. The lowest BCUT2D eigenvalue weighted by Crippen LogP contribution is -2.22. The van der Waals surface area contributed by atoms with Crippen LogP contribution < -0.4 is 10.3 Å². The third kappa shape index (κ3) is 4.42. The first-order valence-corrected chi connectivity index (χ1v) is 10.5. The molecule has 0 spiro atoms. The van der Waals surface area contributed by atoms with Gasteiger partial charge in [0.1, 0.15) is 5.75 Å². The van der Waals surface area contributed by atoms with Crippen LogP contribution in [0.15, 0.2) is 82.7 Å². The molecule has 4 aromatic rings. The Bertz CT molecular complexity index is 1380. The number of ether oxygens (including phenoxy) is 1. The van der Waals surface area contributed by atoms with Gasteiger partial charge in [-0.05, 0) is 54.6 Å². The molecule has 6 nitrogen and oxygen atoms in total. The molecule has 0 bridgehead atoms. The van der Waals surface area contributed by atoms with E-state index in [1.165, 1.54) is 11.8 Å². The molecule has 0 unspecified atom stereocenters. The number of hydrogen-bond acceptors (Lipinski definition) is 6. The van der Waals surface area contributed by atoms with Crippen molar-refractivity contribution in [3.63, 3.8) is 0 Å². The lowest BCUT2D eigenvalue weighted by molar-refractivity contribution is 0.343. The summed E-state index contributed by atoms with van der Waals surface area (Å²) in [6.07, 6.45) is 0. The Morgan fingerprint density at radius 1 is 0.935 bits per heavy atom. The minimum absolute atomic E-state index is 0.166. The minimum Gasteiger partial charge on any atom is -0.493 e. The van der Waals surface area contributed by atoms with Gasteiger partial charge in [-0.3, -0.25) is 9.36 Å². The number of nitriles is 2. The fourth-order valence-electron chi connectivity index (χ4n) is 3.07. The molecule has 0 amide bonds. The Hall–Kier alpha value is -4.07. The van der Waals surface area contributed by atoms with Gasteiger partial charge < -0.3 is 4.74 Å². The molecule has 1 heterocycles. The molecule has 150 valence electrons. The van der Waals surface area contributed by atoms with Gasteiger partial charge >= 0.3 is 0 Å². The molecule has 0 fully saturated rings. The second-order valence-electron chi connectivity index (χ2n) is 6.55. The number of hydrogen-bond donors (Lipinski definition) is 0. The molecule has 1 aromatic heterocycles. The molecule has 0 saturated carbocycles. The first kappa shape index (κ1) is 20.2. The van der Waals surface area contributed by atoms with Gasteiger partial charge in [-0.25, -0.2) is 4.98 Å². The van der Waals surface area contributed by atoms with Crippen molar-refractivity contribution in [3.8, 4) is 23.6 Å². The average molecular weight is 424 g/mol. The summed E-state index contributed by atoms with van der Waals surface area (Å²) in [6.45, 7) is 0.385. The lowest BCUT2D eigenvalue weighted by atomic mass is 10.2. The summed E-state index contributed by atoms with van der Waals surface area (Å²) in [7, 11) is 0. The molecule has 4 rings (SSSR count). The van der Waals surface area contributed by atoms with Crippen molar-refractivity contribution in [1.29, 1.82) is 10.5 Å². The molecule has 0 aliphatic carbocycles. The van der Waals surface area contributed by atoms with E-state index in [0.717, 1.165) is 0 Å². The third-order valence-electron chi connectivity index (χ3n) is 4.55. The highest BCUT2D eigenvalue weighted by molar-refractivity contribution is 7.99. The Kier molecular flexibility index (Phi) is 5.98. The van der Waals surface area contributed by atoms with E-state index in [-0.39, 0.29) is 5.56 Å². The van der Waals surface area contributed by atoms with E-state index in [1.807, 2.05) is 18.2 Å². The molecule has 0 atom stereocenters. The highest BCUT2D eigenvalue weighted by Gasteiger charge is 2.13. The molecule has 31 heavy (non-hydrogen) atoms. The van der Waals surface area contributed by atoms with Crippen molar-refractivity contribution in [2.45, 2.75) is 5.16 Å². The summed E-state index contributed by atoms with van der Waals surface area (Å²) < 4.78 is 7.30. The highest BCUT2D eigenvalue weighted by Crippen LogP contribution is 2.22. The summed E-state index contributed by atoms with van der Waals surface area (Å²) >= 11 is 1.41. The van der Waals surface area contributed by atoms with Gasteiger partial charge in [0, 0.05) is 5.75 Å². The van der Waals surface area contributed by atoms with Crippen molar-refractivity contribution in [2.24, 2.45) is 0 Å². The van der Waals surface area contributed by atoms with Crippen LogP contribution in [0.4, 0.5) is 0 Å². The summed E-state index contributed by atoms with van der Waals surface area (Å²) in [4.78, 5) is 17.9. The van der Waals surface area contributed by atoms with Crippen LogP contribution in [0.1, 0.15) is 11.1 Å². The van der Waals surface area contributed by atoms with E-state index in [4.69, 9.17) is 15.3 Å². The summed E-state index contributed by atoms with van der Waals surface area (Å²) in [5.74, 6) is 1.17. The third-order valence-corrected chi connectivity index (χ3v) is 5.45. The van der Waals surface area contributed by atoms with Crippen molar-refractivity contribution in [2.75, 3.05) is 12.4 Å². The molecule has 0 N–H and O–H groups in total. The van der Waals surface area contributed by atoms with Crippen LogP contribution in [0.5, 0.6) is 5.75 Å². The van der Waals surface area contributed by atoms with E-state index < -0.39 is 0 Å². The number of aromatic nitrogens is 2. The monoisotopic (exact) mass is 424 g/mol. The number of nitrogens with zero attached hydrogens (tertiary/aromatic N) is 4. The van der Waals surface area contributed by atoms with E-state index in [2.05, 4.69) is 17.1 Å². The van der Waals surface area contributed by atoms with Gasteiger partial charge in [0.05, 0.1) is 46.5 Å². The zero-order valence-electron chi connectivity index (χ0n) is 16.4. The summed E-state index contributed by atoms with van der Waals surface area (Å²) in [5, 5.41) is 19.1. The molecule has 0 radical (unpaired) electrons. The maximum absolute atomic E-state index is 13.2. The second-order valence-corrected chi connectivity index (χ2v) is 7.61. The molecule has 0 aliphatic rings. The normalized spacial score (nSPS) is 10.4. The fraction of sp³-hybridized carbons (Fsp3) is 0.0833. The van der Waals surface area contributed by atoms with E-state index in [9.17, 15) is 4.79 Å². The molecule has 0 saturated heterocycles. The minimum atomic E-state index is -0.166. The van der Waals surface area contributed by atoms with Gasteiger partial charge in [0.25, 0.3) is 5.56 Å². The van der Waals surface area contributed by atoms with Crippen LogP contribution in [0.25, 0.3) is 16.6 Å². The van der Waals surface area contributed by atoms with Crippen molar-refractivity contribution < 1.29 is 4.74 Å². The van der Waals surface area contributed by atoms with Gasteiger partial charge in [0.2, 0.25) is 0 Å². The first-order chi connectivity index (χ1) is 15.2. The largest absolute Gasteiger partial charge is 0.493 e. The fourth-order valence-corrected chi connectivity index (χ4v) is 3.90. The van der Waals surface area contributed by atoms with Crippen molar-refractivity contribution in [1.82, 2.24) is 9.55 Å². The second kappa shape index (κ2) is 9.17. The smallest absolute Gasteiger partial charge is 0.266 e. The summed E-state index contributed by atoms with van der Waals surface area (Å²) in [5.41, 5.74) is 2.17. The predicted octanol–water partition coefficient (Wildman–Crippen LogP) is 4.30. The topological polar surface area (TPSA) is 91.7 Å². The van der Waals surface area contributed by atoms with Gasteiger partial charge in [-0.2, -0.15) is 10.5 Å². The van der Waals surface area contributed by atoms with Crippen LogP contribution in [0.2, 0.25) is 0 Å². The Morgan fingerprint density at radius 3 is 2.48 bits per heavy atom. The van der Waals surface area contributed by atoms with Gasteiger partial charge in [-0.1, -0.05) is 30.0 Å².